The van der Waals surface area contributed by atoms with Crippen molar-refractivity contribution in [2.24, 2.45) is 0 Å². The molecule has 0 unspecified atom stereocenters. The zero-order chi connectivity index (χ0) is 11.5. The molecule has 0 radical (unpaired) electrons. The summed E-state index contributed by atoms with van der Waals surface area (Å²) < 4.78 is 0. The van der Waals surface area contributed by atoms with Crippen molar-refractivity contribution in [3.05, 3.63) is 48.6 Å². The van der Waals surface area contributed by atoms with Crippen LogP contribution in [-0.2, 0) is 0 Å². The maximum absolute atomic E-state index is 8.83. The van der Waals surface area contributed by atoms with Crippen molar-refractivity contribution in [2.45, 2.75) is 32.6 Å². The van der Waals surface area contributed by atoms with Crippen molar-refractivity contribution in [3.63, 3.8) is 0 Å². The molecule has 80 valence electrons. The summed E-state index contributed by atoms with van der Waals surface area (Å²) in [6.07, 6.45) is 11.6. The molecule has 15 heavy (non-hydrogen) atoms. The molecule has 0 aliphatic rings. The van der Waals surface area contributed by atoms with Crippen LogP contribution in [0, 0.1) is 11.3 Å². The smallest absolute Gasteiger partial charge is 0.0991 e. The quantitative estimate of drug-likeness (QED) is 0.342. The molecule has 1 heteroatoms. The lowest BCUT2D eigenvalue weighted by Gasteiger charge is -2.00. The first-order valence-electron chi connectivity index (χ1n) is 5.34. The highest BCUT2D eigenvalue weighted by Crippen LogP contribution is 2.12. The molecule has 0 saturated heterocycles. The minimum atomic E-state index is 0.636. The predicted octanol–water partition coefficient (Wildman–Crippen LogP) is 4.32. The Labute approximate surface area is 93.1 Å². The molecule has 0 aromatic carbocycles. The summed E-state index contributed by atoms with van der Waals surface area (Å²) in [6, 6.07) is 2.12. The highest BCUT2D eigenvalue weighted by atomic mass is 14.2. The second-order valence-corrected chi connectivity index (χ2v) is 3.35. The van der Waals surface area contributed by atoms with E-state index in [1.165, 1.54) is 12.8 Å². The van der Waals surface area contributed by atoms with E-state index in [2.05, 4.69) is 26.2 Å². The number of hydrogen-bond donors (Lipinski definition) is 0. The molecule has 0 bridgehead atoms. The topological polar surface area (TPSA) is 23.8 Å². The summed E-state index contributed by atoms with van der Waals surface area (Å²) in [6.45, 7) is 9.51. The van der Waals surface area contributed by atoms with Gasteiger partial charge in [-0.1, -0.05) is 45.1 Å². The highest BCUT2D eigenvalue weighted by Gasteiger charge is 1.95. The first-order chi connectivity index (χ1) is 7.28. The Bertz CT molecular complexity index is 300. The van der Waals surface area contributed by atoms with Gasteiger partial charge in [0.2, 0.25) is 0 Å². The van der Waals surface area contributed by atoms with E-state index in [-0.39, 0.29) is 0 Å². The zero-order valence-electron chi connectivity index (χ0n) is 9.50. The summed E-state index contributed by atoms with van der Waals surface area (Å²) in [5, 5.41) is 8.83. The van der Waals surface area contributed by atoms with Gasteiger partial charge in [-0.25, -0.2) is 0 Å². The number of allylic oxidation sites excluding steroid dienone is 6. The van der Waals surface area contributed by atoms with Crippen molar-refractivity contribution in [1.82, 2.24) is 0 Å². The fourth-order valence-corrected chi connectivity index (χ4v) is 1.26. The largest absolute Gasteiger partial charge is 0.192 e. The zero-order valence-corrected chi connectivity index (χ0v) is 9.50. The Hall–Kier alpha value is -1.55. The fraction of sp³-hybridized carbons (Fsp3) is 0.357. The summed E-state index contributed by atoms with van der Waals surface area (Å²) in [5.74, 6) is 0. The highest BCUT2D eigenvalue weighted by molar-refractivity contribution is 5.40. The van der Waals surface area contributed by atoms with Gasteiger partial charge in [-0.3, -0.25) is 0 Å². The second-order valence-electron chi connectivity index (χ2n) is 3.35. The van der Waals surface area contributed by atoms with Crippen molar-refractivity contribution in [3.8, 4) is 6.07 Å². The fourth-order valence-electron chi connectivity index (χ4n) is 1.26. The van der Waals surface area contributed by atoms with Gasteiger partial charge < -0.3 is 0 Å². The van der Waals surface area contributed by atoms with Crippen molar-refractivity contribution in [1.29, 1.82) is 5.26 Å². The maximum atomic E-state index is 8.83. The molecule has 0 amide bonds. The molecule has 0 fully saturated rings. The lowest BCUT2D eigenvalue weighted by molar-refractivity contribution is 0.719. The average molecular weight is 201 g/mol. The molecule has 0 N–H and O–H groups in total. The van der Waals surface area contributed by atoms with Crippen LogP contribution in [0.2, 0.25) is 0 Å². The molecule has 0 spiro atoms. The number of hydrogen-bond acceptors (Lipinski definition) is 1. The average Bonchev–Trinajstić information content (AvgIpc) is 2.26. The second kappa shape index (κ2) is 9.02. The third-order valence-corrected chi connectivity index (χ3v) is 2.10. The van der Waals surface area contributed by atoms with Crippen molar-refractivity contribution < 1.29 is 0 Å². The van der Waals surface area contributed by atoms with E-state index in [0.29, 0.717) is 5.57 Å². The van der Waals surface area contributed by atoms with E-state index in [4.69, 9.17) is 5.26 Å². The third kappa shape index (κ3) is 6.51. The van der Waals surface area contributed by atoms with Crippen LogP contribution in [0.5, 0.6) is 0 Å². The molecule has 0 atom stereocenters. The van der Waals surface area contributed by atoms with Crippen LogP contribution in [-0.4, -0.2) is 0 Å². The summed E-state index contributed by atoms with van der Waals surface area (Å²) in [7, 11) is 0. The Morgan fingerprint density at radius 1 is 1.33 bits per heavy atom. The van der Waals surface area contributed by atoms with Gasteiger partial charge in [-0.15, -0.1) is 0 Å². The molecule has 0 aliphatic heterocycles. The molecule has 0 saturated carbocycles. The number of nitrogens with zero attached hydrogens (tertiary/aromatic N) is 1. The molecule has 0 heterocycles. The van der Waals surface area contributed by atoms with Crippen LogP contribution in [0.4, 0.5) is 0 Å². The molecule has 0 rings (SSSR count). The van der Waals surface area contributed by atoms with E-state index in [1.54, 1.807) is 12.2 Å². The molecular weight excluding hydrogens is 182 g/mol. The van der Waals surface area contributed by atoms with Gasteiger partial charge in [-0.05, 0) is 30.6 Å². The Kier molecular flexibility index (Phi) is 8.09. The Morgan fingerprint density at radius 3 is 2.53 bits per heavy atom. The number of unbranched alkanes of at least 4 members (excludes halogenated alkanes) is 2. The first kappa shape index (κ1) is 13.4. The van der Waals surface area contributed by atoms with Gasteiger partial charge in [0.05, 0.1) is 11.6 Å². The normalized spacial score (nSPS) is 12.0. The van der Waals surface area contributed by atoms with E-state index in [1.807, 2.05) is 12.2 Å². The van der Waals surface area contributed by atoms with Gasteiger partial charge in [0, 0.05) is 0 Å². The van der Waals surface area contributed by atoms with Crippen LogP contribution in [0.25, 0.3) is 0 Å². The molecule has 1 nitrogen and oxygen atoms in total. The van der Waals surface area contributed by atoms with Gasteiger partial charge >= 0.3 is 0 Å². The standard InChI is InChI=1S/C14H19N/c1-4-7-8-10-13(6-3)11-14(12-15)9-5-2/h5-6,9,11H,2-4,7-8,10H2,1H3/b13-11+,14-9+. The lowest BCUT2D eigenvalue weighted by Crippen LogP contribution is -1.82. The Morgan fingerprint density at radius 2 is 2.07 bits per heavy atom. The number of rotatable bonds is 7. The Balaban J connectivity index is 4.44. The van der Waals surface area contributed by atoms with Crippen molar-refractivity contribution >= 4 is 0 Å². The van der Waals surface area contributed by atoms with E-state index < -0.39 is 0 Å². The van der Waals surface area contributed by atoms with Gasteiger partial charge in [-0.2, -0.15) is 5.26 Å². The van der Waals surface area contributed by atoms with Crippen LogP contribution in [0.15, 0.2) is 48.6 Å². The maximum Gasteiger partial charge on any atom is 0.0991 e. The predicted molar refractivity (Wildman–Crippen MR) is 66.3 cm³/mol. The molecule has 0 aliphatic carbocycles. The third-order valence-electron chi connectivity index (χ3n) is 2.10. The first-order valence-corrected chi connectivity index (χ1v) is 5.34. The number of nitriles is 1. The SMILES string of the molecule is C=C/C=C(C#N)\C=C(/C=C)CCCCC. The van der Waals surface area contributed by atoms with Crippen molar-refractivity contribution in [2.75, 3.05) is 0 Å². The summed E-state index contributed by atoms with van der Waals surface area (Å²) >= 11 is 0. The van der Waals surface area contributed by atoms with Crippen LogP contribution < -0.4 is 0 Å². The monoisotopic (exact) mass is 201 g/mol. The lowest BCUT2D eigenvalue weighted by atomic mass is 10.0. The minimum Gasteiger partial charge on any atom is -0.192 e. The van der Waals surface area contributed by atoms with E-state index in [9.17, 15) is 0 Å². The molecular formula is C14H19N. The molecule has 0 aromatic heterocycles. The van der Waals surface area contributed by atoms with E-state index in [0.717, 1.165) is 18.4 Å². The summed E-state index contributed by atoms with van der Waals surface area (Å²) in [4.78, 5) is 0. The minimum absolute atomic E-state index is 0.636. The van der Waals surface area contributed by atoms with Gasteiger partial charge in [0.1, 0.15) is 0 Å². The van der Waals surface area contributed by atoms with Crippen LogP contribution >= 0.6 is 0 Å². The van der Waals surface area contributed by atoms with Gasteiger partial charge in [0.25, 0.3) is 0 Å². The van der Waals surface area contributed by atoms with Gasteiger partial charge in [0.15, 0.2) is 0 Å². The van der Waals surface area contributed by atoms with E-state index >= 15 is 0 Å². The van der Waals surface area contributed by atoms with Crippen LogP contribution in [0.3, 0.4) is 0 Å². The summed E-state index contributed by atoms with van der Waals surface area (Å²) in [5.41, 5.74) is 1.76. The van der Waals surface area contributed by atoms with Crippen LogP contribution in [0.1, 0.15) is 32.6 Å². The molecule has 0 aromatic rings.